The van der Waals surface area contributed by atoms with Crippen molar-refractivity contribution in [2.75, 3.05) is 0 Å². The molecule has 27 heavy (non-hydrogen) atoms. The molecule has 2 aromatic carbocycles. The van der Waals surface area contributed by atoms with Crippen molar-refractivity contribution in [3.05, 3.63) is 77.3 Å². The molecule has 0 bridgehead atoms. The fourth-order valence-corrected chi connectivity index (χ4v) is 2.61. The van der Waals surface area contributed by atoms with Crippen molar-refractivity contribution in [3.8, 4) is 0 Å². The molecule has 0 fully saturated rings. The topological polar surface area (TPSA) is 126 Å². The summed E-state index contributed by atoms with van der Waals surface area (Å²) in [6.45, 7) is 0. The number of benzene rings is 2. The van der Waals surface area contributed by atoms with Gasteiger partial charge in [-0.1, -0.05) is 60.7 Å². The molecule has 2 atom stereocenters. The molecular weight excluding hydrogens is 344 g/mol. The Bertz CT molecular complexity index is 846. The van der Waals surface area contributed by atoms with E-state index in [-0.39, 0.29) is 12.7 Å². The summed E-state index contributed by atoms with van der Waals surface area (Å²) in [5, 5.41) is 2.57. The van der Waals surface area contributed by atoms with Crippen LogP contribution in [0.15, 0.2) is 60.7 Å². The zero-order valence-electron chi connectivity index (χ0n) is 14.6. The molecule has 0 spiro atoms. The van der Waals surface area contributed by atoms with E-state index in [9.17, 15) is 14.4 Å². The van der Waals surface area contributed by atoms with E-state index in [2.05, 4.69) is 10.1 Å². The van der Waals surface area contributed by atoms with Gasteiger partial charge in [0.15, 0.2) is 0 Å². The van der Waals surface area contributed by atoms with Crippen molar-refractivity contribution < 1.29 is 19.2 Å². The summed E-state index contributed by atoms with van der Waals surface area (Å²) in [7, 11) is 0. The lowest BCUT2D eigenvalue weighted by molar-refractivity contribution is -0.128. The molecule has 0 radical (unpaired) electrons. The van der Waals surface area contributed by atoms with Crippen molar-refractivity contribution in [1.82, 2.24) is 5.32 Å². The molecule has 0 aliphatic carbocycles. The van der Waals surface area contributed by atoms with Crippen LogP contribution >= 0.6 is 0 Å². The summed E-state index contributed by atoms with van der Waals surface area (Å²) in [5.41, 5.74) is 15.8. The first-order valence-corrected chi connectivity index (χ1v) is 8.40. The Morgan fingerprint density at radius 2 is 1.52 bits per heavy atom. The Morgan fingerprint density at radius 1 is 1.00 bits per heavy atom. The van der Waals surface area contributed by atoms with Crippen LogP contribution in [0.4, 0.5) is 0 Å². The second kappa shape index (κ2) is 9.91. The summed E-state index contributed by atoms with van der Waals surface area (Å²) in [5.74, 6) is -1.31. The summed E-state index contributed by atoms with van der Waals surface area (Å²) in [6, 6.07) is 16.3. The number of aldehydes is 1. The summed E-state index contributed by atoms with van der Waals surface area (Å²) >= 11 is 0. The normalized spacial score (nSPS) is 12.3. The third kappa shape index (κ3) is 5.81. The highest BCUT2D eigenvalue weighted by molar-refractivity contribution is 6.59. The number of ketones is 1. The highest BCUT2D eigenvalue weighted by atomic mass is 16.2. The van der Waals surface area contributed by atoms with E-state index in [1.807, 2.05) is 36.4 Å². The van der Waals surface area contributed by atoms with Gasteiger partial charge in [-0.3, -0.25) is 14.4 Å². The Morgan fingerprint density at radius 3 is 2.00 bits per heavy atom. The van der Waals surface area contributed by atoms with E-state index in [0.29, 0.717) is 6.42 Å². The predicted octanol–water partition coefficient (Wildman–Crippen LogP) is 0.723. The molecule has 0 saturated heterocycles. The van der Waals surface area contributed by atoms with Crippen LogP contribution in [0.3, 0.4) is 0 Å². The van der Waals surface area contributed by atoms with Gasteiger partial charge in [-0.05, 0) is 17.5 Å². The maximum absolute atomic E-state index is 12.5. The summed E-state index contributed by atoms with van der Waals surface area (Å²) < 4.78 is 0. The number of nitrogens with one attached hydrogen (secondary N) is 1. The number of nitrogens with zero attached hydrogens (tertiary/aromatic N) is 2. The van der Waals surface area contributed by atoms with Crippen molar-refractivity contribution in [3.63, 3.8) is 0 Å². The number of nitrogens with two attached hydrogens (primary N) is 1. The third-order valence-corrected chi connectivity index (χ3v) is 4.02. The van der Waals surface area contributed by atoms with Gasteiger partial charge in [0.1, 0.15) is 6.04 Å². The number of hydrogen-bond acceptors (Lipinski definition) is 4. The van der Waals surface area contributed by atoms with E-state index in [4.69, 9.17) is 11.3 Å². The van der Waals surface area contributed by atoms with Crippen molar-refractivity contribution in [1.29, 1.82) is 0 Å². The van der Waals surface area contributed by atoms with Crippen LogP contribution < -0.4 is 11.1 Å². The predicted molar refractivity (Wildman–Crippen MR) is 99.9 cm³/mol. The number of carbonyl (C=O) groups is 3. The largest absolute Gasteiger partial charge is 0.399 e. The molecule has 138 valence electrons. The number of amides is 1. The molecule has 1 amide bonds. The van der Waals surface area contributed by atoms with Crippen LogP contribution in [0, 0.1) is 0 Å². The van der Waals surface area contributed by atoms with Gasteiger partial charge in [0.25, 0.3) is 5.78 Å². The van der Waals surface area contributed by atoms with Gasteiger partial charge in [-0.25, -0.2) is 0 Å². The minimum absolute atomic E-state index is 0.135. The lowest BCUT2D eigenvalue weighted by Crippen LogP contribution is -2.51. The van der Waals surface area contributed by atoms with Crippen molar-refractivity contribution >= 4 is 23.7 Å². The molecule has 0 aliphatic heterocycles. The fraction of sp³-hybridized carbons (Fsp3) is 0.200. The summed E-state index contributed by atoms with van der Waals surface area (Å²) in [4.78, 5) is 38.6. The smallest absolute Gasteiger partial charge is 0.360 e. The molecule has 2 aromatic rings. The van der Waals surface area contributed by atoms with E-state index >= 15 is 0 Å². The lowest BCUT2D eigenvalue weighted by atomic mass is 9.99. The quantitative estimate of drug-likeness (QED) is 0.223. The van der Waals surface area contributed by atoms with E-state index < -0.39 is 29.5 Å². The van der Waals surface area contributed by atoms with Gasteiger partial charge < -0.3 is 16.6 Å². The van der Waals surface area contributed by atoms with Crippen molar-refractivity contribution in [2.24, 2.45) is 5.73 Å². The maximum Gasteiger partial charge on any atom is 0.399 e. The van der Waals surface area contributed by atoms with Crippen LogP contribution in [0.25, 0.3) is 5.53 Å². The molecule has 0 heterocycles. The second-order valence-electron chi connectivity index (χ2n) is 6.01. The monoisotopic (exact) mass is 364 g/mol. The number of carbonyl (C=O) groups excluding carboxylic acids is 3. The summed E-state index contributed by atoms with van der Waals surface area (Å²) in [6.07, 6.45) is 0.584. The van der Waals surface area contributed by atoms with E-state index in [0.717, 1.165) is 11.1 Å². The SMILES string of the molecule is [N-]=[N+]=C(C=O)C(=O)[C@@H](Cc1ccccc1)NC(=O)[C@@H](N)Cc1ccccc1. The first kappa shape index (κ1) is 19.9. The van der Waals surface area contributed by atoms with Gasteiger partial charge >= 0.3 is 5.71 Å². The van der Waals surface area contributed by atoms with Gasteiger partial charge in [0.2, 0.25) is 12.2 Å². The maximum atomic E-state index is 12.5. The second-order valence-corrected chi connectivity index (χ2v) is 6.01. The van der Waals surface area contributed by atoms with Crippen LogP contribution in [-0.4, -0.2) is 40.6 Å². The average molecular weight is 364 g/mol. The van der Waals surface area contributed by atoms with Crippen molar-refractivity contribution in [2.45, 2.75) is 24.9 Å². The highest BCUT2D eigenvalue weighted by Gasteiger charge is 2.31. The van der Waals surface area contributed by atoms with Crippen LogP contribution in [0.2, 0.25) is 0 Å². The Labute approximate surface area is 156 Å². The van der Waals surface area contributed by atoms with Crippen LogP contribution in [0.5, 0.6) is 0 Å². The molecule has 7 nitrogen and oxygen atoms in total. The Balaban J connectivity index is 2.14. The minimum Gasteiger partial charge on any atom is -0.360 e. The molecule has 3 N–H and O–H groups in total. The zero-order chi connectivity index (χ0) is 19.6. The first-order valence-electron chi connectivity index (χ1n) is 8.40. The van der Waals surface area contributed by atoms with E-state index in [1.165, 1.54) is 0 Å². The average Bonchev–Trinajstić information content (AvgIpc) is 2.69. The molecule has 2 rings (SSSR count). The van der Waals surface area contributed by atoms with Gasteiger partial charge in [-0.15, -0.1) is 0 Å². The van der Waals surface area contributed by atoms with Crippen LogP contribution in [-0.2, 0) is 27.2 Å². The zero-order valence-corrected chi connectivity index (χ0v) is 14.6. The molecule has 0 saturated carbocycles. The first-order chi connectivity index (χ1) is 13.0. The molecule has 0 aromatic heterocycles. The lowest BCUT2D eigenvalue weighted by Gasteiger charge is -2.18. The highest BCUT2D eigenvalue weighted by Crippen LogP contribution is 2.06. The molecule has 7 heteroatoms. The van der Waals surface area contributed by atoms with Crippen LogP contribution in [0.1, 0.15) is 11.1 Å². The number of hydrogen-bond donors (Lipinski definition) is 2. The Hall–Kier alpha value is -3.41. The number of Topliss-reactive ketones (excluding diaryl/α,β-unsaturated/α-hetero) is 1. The third-order valence-electron chi connectivity index (χ3n) is 4.02. The molecule has 0 aliphatic rings. The fourth-order valence-electron chi connectivity index (χ4n) is 2.61. The van der Waals surface area contributed by atoms with Gasteiger partial charge in [-0.2, -0.15) is 4.79 Å². The Kier molecular flexibility index (Phi) is 7.31. The molecular formula is C20H20N4O3. The molecule has 0 unspecified atom stereocenters. The standard InChI is InChI=1S/C20H20N4O3/c21-16(11-14-7-3-1-4-8-14)20(27)23-17(19(26)18(13-25)24-22)12-15-9-5-2-6-10-15/h1-10,13,16-17H,11-12,21H2,(H,23,27)/t16-,17+/m0/s1. The minimum atomic E-state index is -1.07. The van der Waals surface area contributed by atoms with Gasteiger partial charge in [0, 0.05) is 6.42 Å². The van der Waals surface area contributed by atoms with Gasteiger partial charge in [0.05, 0.1) is 6.04 Å². The number of rotatable bonds is 9. The van der Waals surface area contributed by atoms with E-state index in [1.54, 1.807) is 24.3 Å².